The maximum Gasteiger partial charge on any atom is 0.119 e. The summed E-state index contributed by atoms with van der Waals surface area (Å²) in [6.45, 7) is 5.37. The first-order valence-electron chi connectivity index (χ1n) is 6.90. The van der Waals surface area contributed by atoms with Crippen LogP contribution in [-0.2, 0) is 6.54 Å². The van der Waals surface area contributed by atoms with Crippen LogP contribution in [0.15, 0.2) is 22.7 Å². The van der Waals surface area contributed by atoms with Crippen molar-refractivity contribution in [1.29, 1.82) is 0 Å². The van der Waals surface area contributed by atoms with Crippen molar-refractivity contribution < 1.29 is 4.74 Å². The Kier molecular flexibility index (Phi) is 5.25. The van der Waals surface area contributed by atoms with E-state index in [0.29, 0.717) is 12.0 Å². The summed E-state index contributed by atoms with van der Waals surface area (Å²) in [5.74, 6) is 1.61. The number of benzene rings is 1. The maximum atomic E-state index is 5.98. The van der Waals surface area contributed by atoms with Gasteiger partial charge >= 0.3 is 0 Å². The van der Waals surface area contributed by atoms with Gasteiger partial charge in [0.05, 0.1) is 7.11 Å². The number of halogens is 1. The largest absolute Gasteiger partial charge is 0.497 e. The van der Waals surface area contributed by atoms with E-state index < -0.39 is 0 Å². The molecule has 0 saturated carbocycles. The zero-order valence-corrected chi connectivity index (χ0v) is 13.3. The summed E-state index contributed by atoms with van der Waals surface area (Å²) in [5.41, 5.74) is 7.27. The molecular weight excluding hydrogens is 304 g/mol. The third kappa shape index (κ3) is 3.94. The number of likely N-dealkylation sites (tertiary alicyclic amines) is 1. The molecule has 0 bridgehead atoms. The fourth-order valence-corrected chi connectivity index (χ4v) is 3.05. The van der Waals surface area contributed by atoms with Crippen LogP contribution in [0.25, 0.3) is 0 Å². The average Bonchev–Trinajstić information content (AvgIpc) is 2.42. The van der Waals surface area contributed by atoms with Gasteiger partial charge in [-0.2, -0.15) is 0 Å². The Bertz CT molecular complexity index is 415. The van der Waals surface area contributed by atoms with E-state index in [1.54, 1.807) is 7.11 Å². The lowest BCUT2D eigenvalue weighted by Gasteiger charge is -2.33. The van der Waals surface area contributed by atoms with Crippen molar-refractivity contribution in [3.63, 3.8) is 0 Å². The van der Waals surface area contributed by atoms with Gasteiger partial charge in [-0.1, -0.05) is 15.9 Å². The lowest BCUT2D eigenvalue weighted by Crippen LogP contribution is -2.39. The van der Waals surface area contributed by atoms with Crippen LogP contribution in [0.1, 0.15) is 25.3 Å². The molecule has 1 atom stereocenters. The summed E-state index contributed by atoms with van der Waals surface area (Å²) in [6.07, 6.45) is 2.42. The van der Waals surface area contributed by atoms with E-state index >= 15 is 0 Å². The Morgan fingerprint density at radius 3 is 2.68 bits per heavy atom. The molecule has 0 radical (unpaired) electrons. The first kappa shape index (κ1) is 14.8. The Labute approximate surface area is 124 Å². The monoisotopic (exact) mass is 326 g/mol. The number of hydrogen-bond donors (Lipinski definition) is 1. The lowest BCUT2D eigenvalue weighted by atomic mass is 9.91. The SMILES string of the molecule is COc1ccc(Br)c(CN2CCC(C(C)N)CC2)c1. The highest BCUT2D eigenvalue weighted by Gasteiger charge is 2.22. The van der Waals surface area contributed by atoms with Gasteiger partial charge in [-0.15, -0.1) is 0 Å². The first-order valence-corrected chi connectivity index (χ1v) is 7.70. The van der Waals surface area contributed by atoms with Crippen molar-refractivity contribution in [3.8, 4) is 5.75 Å². The average molecular weight is 327 g/mol. The topological polar surface area (TPSA) is 38.5 Å². The number of rotatable bonds is 4. The molecule has 4 heteroatoms. The molecule has 1 aliphatic heterocycles. The smallest absolute Gasteiger partial charge is 0.119 e. The van der Waals surface area contributed by atoms with Gasteiger partial charge in [-0.25, -0.2) is 0 Å². The van der Waals surface area contributed by atoms with Gasteiger partial charge in [0.1, 0.15) is 5.75 Å². The molecule has 0 amide bonds. The number of piperidine rings is 1. The number of nitrogens with two attached hydrogens (primary N) is 1. The van der Waals surface area contributed by atoms with Gasteiger partial charge in [0.25, 0.3) is 0 Å². The molecule has 0 aliphatic carbocycles. The summed E-state index contributed by atoms with van der Waals surface area (Å²) in [7, 11) is 1.71. The van der Waals surface area contributed by atoms with E-state index in [2.05, 4.69) is 39.9 Å². The molecule has 1 unspecified atom stereocenters. The normalized spacial score (nSPS) is 19.4. The molecule has 19 heavy (non-hydrogen) atoms. The molecule has 1 aliphatic rings. The second-order valence-electron chi connectivity index (χ2n) is 5.43. The van der Waals surface area contributed by atoms with Gasteiger partial charge in [-0.05, 0) is 62.5 Å². The van der Waals surface area contributed by atoms with E-state index in [-0.39, 0.29) is 0 Å². The highest BCUT2D eigenvalue weighted by molar-refractivity contribution is 9.10. The molecule has 1 saturated heterocycles. The van der Waals surface area contributed by atoms with Crippen LogP contribution in [0, 0.1) is 5.92 Å². The van der Waals surface area contributed by atoms with Crippen molar-refractivity contribution in [2.75, 3.05) is 20.2 Å². The fraction of sp³-hybridized carbons (Fsp3) is 0.600. The molecule has 2 rings (SSSR count). The van der Waals surface area contributed by atoms with Crippen molar-refractivity contribution in [2.24, 2.45) is 11.7 Å². The zero-order chi connectivity index (χ0) is 13.8. The molecule has 0 spiro atoms. The lowest BCUT2D eigenvalue weighted by molar-refractivity contribution is 0.165. The predicted molar refractivity (Wildman–Crippen MR) is 82.3 cm³/mol. The predicted octanol–water partition coefficient (Wildman–Crippen LogP) is 3.02. The Morgan fingerprint density at radius 2 is 2.11 bits per heavy atom. The standard InChI is InChI=1S/C15H23BrN2O/c1-11(17)12-5-7-18(8-6-12)10-13-9-14(19-2)3-4-15(13)16/h3-4,9,11-12H,5-8,10,17H2,1-2H3. The van der Waals surface area contributed by atoms with Gasteiger partial charge in [0.2, 0.25) is 0 Å². The highest BCUT2D eigenvalue weighted by Crippen LogP contribution is 2.26. The molecular formula is C15H23BrN2O. The second-order valence-corrected chi connectivity index (χ2v) is 6.28. The van der Waals surface area contributed by atoms with Crippen LogP contribution >= 0.6 is 15.9 Å². The van der Waals surface area contributed by atoms with Gasteiger partial charge in [0, 0.05) is 17.1 Å². The first-order chi connectivity index (χ1) is 9.10. The minimum absolute atomic E-state index is 0.325. The number of hydrogen-bond acceptors (Lipinski definition) is 3. The quantitative estimate of drug-likeness (QED) is 0.924. The van der Waals surface area contributed by atoms with E-state index in [9.17, 15) is 0 Å². The second kappa shape index (κ2) is 6.73. The third-order valence-electron chi connectivity index (χ3n) is 4.02. The Morgan fingerprint density at radius 1 is 1.42 bits per heavy atom. The van der Waals surface area contributed by atoms with Crippen molar-refractivity contribution >= 4 is 15.9 Å². The van der Waals surface area contributed by atoms with Crippen LogP contribution in [0.3, 0.4) is 0 Å². The molecule has 2 N–H and O–H groups in total. The maximum absolute atomic E-state index is 5.98. The summed E-state index contributed by atoms with van der Waals surface area (Å²) in [4.78, 5) is 2.50. The van der Waals surface area contributed by atoms with Gasteiger partial charge in [0.15, 0.2) is 0 Å². The van der Waals surface area contributed by atoms with Gasteiger partial charge in [-0.3, -0.25) is 4.90 Å². The van der Waals surface area contributed by atoms with Crippen LogP contribution in [0.5, 0.6) is 5.75 Å². The third-order valence-corrected chi connectivity index (χ3v) is 4.80. The molecule has 1 heterocycles. The van der Waals surface area contributed by atoms with Crippen molar-refractivity contribution in [2.45, 2.75) is 32.4 Å². The number of ether oxygens (including phenoxy) is 1. The fourth-order valence-electron chi connectivity index (χ4n) is 2.68. The Hall–Kier alpha value is -0.580. The summed E-state index contributed by atoms with van der Waals surface area (Å²) < 4.78 is 6.45. The Balaban J connectivity index is 1.95. The van der Waals surface area contributed by atoms with Crippen LogP contribution in [0.4, 0.5) is 0 Å². The molecule has 1 aromatic carbocycles. The van der Waals surface area contributed by atoms with E-state index in [1.165, 1.54) is 18.4 Å². The summed E-state index contributed by atoms with van der Waals surface area (Å²) in [6, 6.07) is 6.48. The molecule has 1 fully saturated rings. The highest BCUT2D eigenvalue weighted by atomic mass is 79.9. The van der Waals surface area contributed by atoms with Gasteiger partial charge < -0.3 is 10.5 Å². The zero-order valence-electron chi connectivity index (χ0n) is 11.7. The van der Waals surface area contributed by atoms with Crippen molar-refractivity contribution in [3.05, 3.63) is 28.2 Å². The minimum atomic E-state index is 0.325. The minimum Gasteiger partial charge on any atom is -0.497 e. The van der Waals surface area contributed by atoms with Crippen molar-refractivity contribution in [1.82, 2.24) is 4.90 Å². The molecule has 106 valence electrons. The number of methoxy groups -OCH3 is 1. The van der Waals surface area contributed by atoms with E-state index in [4.69, 9.17) is 10.5 Å². The molecule has 3 nitrogen and oxygen atoms in total. The van der Waals surface area contributed by atoms with E-state index in [1.807, 2.05) is 6.07 Å². The number of nitrogens with zero attached hydrogens (tertiary/aromatic N) is 1. The van der Waals surface area contributed by atoms with Crippen LogP contribution in [0.2, 0.25) is 0 Å². The van der Waals surface area contributed by atoms with E-state index in [0.717, 1.165) is 29.9 Å². The summed E-state index contributed by atoms with van der Waals surface area (Å²) in [5, 5.41) is 0. The van der Waals surface area contributed by atoms with Crippen LogP contribution in [-0.4, -0.2) is 31.1 Å². The summed E-state index contributed by atoms with van der Waals surface area (Å²) >= 11 is 3.62. The van der Waals surface area contributed by atoms with Crippen LogP contribution < -0.4 is 10.5 Å². The molecule has 0 aromatic heterocycles. The molecule has 1 aromatic rings.